The molecule has 0 bridgehead atoms. The number of aliphatic carboxylic acids is 1. The molecule has 1 unspecified atom stereocenters. The second-order valence-electron chi connectivity index (χ2n) is 1.97. The molecule has 0 aliphatic heterocycles. The molecule has 0 heterocycles. The first kappa shape index (κ1) is 14.9. The minimum atomic E-state index is -2.13. The van der Waals surface area contributed by atoms with Crippen LogP contribution >= 0.6 is 8.25 Å². The summed E-state index contributed by atoms with van der Waals surface area (Å²) in [6.45, 7) is 6.82. The lowest BCUT2D eigenvalue weighted by Crippen LogP contribution is -1.92. The van der Waals surface area contributed by atoms with Gasteiger partial charge in [0, 0.05) is 12.7 Å². The van der Waals surface area contributed by atoms with Gasteiger partial charge in [-0.1, -0.05) is 6.58 Å². The van der Waals surface area contributed by atoms with Crippen LogP contribution in [0.2, 0.25) is 0 Å². The van der Waals surface area contributed by atoms with E-state index in [1.807, 2.05) is 0 Å². The fraction of sp³-hybridized carbons (Fsp3) is 0.571. The van der Waals surface area contributed by atoms with Gasteiger partial charge in [-0.05, 0) is 13.8 Å². The maximum atomic E-state index is 10.2. The van der Waals surface area contributed by atoms with Crippen LogP contribution in [0.3, 0.4) is 0 Å². The minimum absolute atomic E-state index is 0.176. The van der Waals surface area contributed by atoms with Gasteiger partial charge in [-0.15, -0.1) is 0 Å². The Morgan fingerprint density at radius 1 is 1.62 bits per heavy atom. The van der Waals surface area contributed by atoms with Gasteiger partial charge in [0.05, 0.1) is 6.61 Å². The molecule has 78 valence electrons. The molecule has 1 N–H and O–H groups in total. The zero-order chi connectivity index (χ0) is 10.9. The number of carboxylic acids is 1. The monoisotopic (exact) mass is 210 g/mol. The summed E-state index contributed by atoms with van der Waals surface area (Å²) in [6.07, 6.45) is 0. The van der Waals surface area contributed by atoms with Crippen molar-refractivity contribution in [1.29, 1.82) is 0 Å². The summed E-state index contributed by atoms with van der Waals surface area (Å²) in [5, 5.41) is 7.89. The van der Waals surface area contributed by atoms with E-state index in [-0.39, 0.29) is 5.57 Å². The molecule has 5 nitrogen and oxygen atoms in total. The minimum Gasteiger partial charge on any atom is -0.478 e. The van der Waals surface area contributed by atoms with Crippen molar-refractivity contribution in [2.45, 2.75) is 13.8 Å². The fourth-order valence-corrected chi connectivity index (χ4v) is 0.530. The number of hydrogen-bond acceptors (Lipinski definition) is 4. The molecule has 0 rings (SSSR count). The second kappa shape index (κ2) is 9.45. The Balaban J connectivity index is 0. The van der Waals surface area contributed by atoms with E-state index < -0.39 is 14.2 Å². The Hall–Kier alpha value is -0.640. The number of carbonyl (C=O) groups is 1. The highest BCUT2D eigenvalue weighted by atomic mass is 31.1. The summed E-state index contributed by atoms with van der Waals surface area (Å²) in [5.41, 5.74) is 0.176. The quantitative estimate of drug-likeness (QED) is 0.564. The first-order chi connectivity index (χ1) is 5.95. The zero-order valence-corrected chi connectivity index (χ0v) is 8.99. The first-order valence-corrected chi connectivity index (χ1v) is 4.77. The second-order valence-corrected chi connectivity index (χ2v) is 3.17. The fourth-order valence-electron chi connectivity index (χ4n) is 0.177. The third-order valence-electron chi connectivity index (χ3n) is 0.794. The van der Waals surface area contributed by atoms with E-state index in [2.05, 4.69) is 15.6 Å². The van der Waals surface area contributed by atoms with E-state index >= 15 is 0 Å². The van der Waals surface area contributed by atoms with E-state index in [1.165, 1.54) is 14.0 Å². The summed E-state index contributed by atoms with van der Waals surface area (Å²) in [4.78, 5) is 9.60. The molecule has 0 saturated carbocycles. The van der Waals surface area contributed by atoms with Crippen LogP contribution < -0.4 is 0 Å². The normalized spacial score (nSPS) is 11.0. The summed E-state index contributed by atoms with van der Waals surface area (Å²) in [6, 6.07) is 0. The molecular formula is C7H15O5P. The molecule has 0 aromatic heterocycles. The van der Waals surface area contributed by atoms with Crippen molar-refractivity contribution < 1.29 is 23.5 Å². The maximum absolute atomic E-state index is 10.2. The van der Waals surface area contributed by atoms with E-state index in [9.17, 15) is 9.36 Å². The van der Waals surface area contributed by atoms with E-state index in [4.69, 9.17) is 5.11 Å². The standard InChI is InChI=1S/C4H6O2.C3H9O3P/c1-3(2)4(5)6;1-3-6-7(4)5-2/h1H2,2H3,(H,5,6);7H,3H2,1-2H3. The number of rotatable bonds is 4. The van der Waals surface area contributed by atoms with Gasteiger partial charge in [0.25, 0.3) is 0 Å². The summed E-state index contributed by atoms with van der Waals surface area (Å²) in [5.74, 6) is -0.935. The molecule has 0 aliphatic carbocycles. The molecule has 0 aromatic rings. The highest BCUT2D eigenvalue weighted by molar-refractivity contribution is 7.33. The average molecular weight is 210 g/mol. The molecule has 0 spiro atoms. The van der Waals surface area contributed by atoms with Crippen molar-refractivity contribution in [3.05, 3.63) is 12.2 Å². The van der Waals surface area contributed by atoms with Crippen molar-refractivity contribution in [3.8, 4) is 0 Å². The van der Waals surface area contributed by atoms with Crippen molar-refractivity contribution in [1.82, 2.24) is 0 Å². The van der Waals surface area contributed by atoms with Gasteiger partial charge in [0.1, 0.15) is 0 Å². The predicted octanol–water partition coefficient (Wildman–Crippen LogP) is 1.71. The molecule has 0 fully saturated rings. The van der Waals surface area contributed by atoms with Crippen LogP contribution in [-0.2, 0) is 18.4 Å². The van der Waals surface area contributed by atoms with Crippen LogP contribution in [0.1, 0.15) is 13.8 Å². The van der Waals surface area contributed by atoms with E-state index in [1.54, 1.807) is 6.92 Å². The molecule has 0 amide bonds. The Morgan fingerprint density at radius 2 is 2.00 bits per heavy atom. The van der Waals surface area contributed by atoms with Crippen LogP contribution in [0.4, 0.5) is 0 Å². The molecule has 0 saturated heterocycles. The Labute approximate surface area is 78.3 Å². The molecule has 1 atom stereocenters. The van der Waals surface area contributed by atoms with Crippen molar-refractivity contribution in [2.75, 3.05) is 13.7 Å². The highest BCUT2D eigenvalue weighted by Crippen LogP contribution is 2.20. The number of carboxylic acid groups (broad SMARTS) is 1. The Morgan fingerprint density at radius 3 is 2.08 bits per heavy atom. The topological polar surface area (TPSA) is 72.8 Å². The molecule has 13 heavy (non-hydrogen) atoms. The van der Waals surface area contributed by atoms with Crippen LogP contribution in [0.5, 0.6) is 0 Å². The molecular weight excluding hydrogens is 195 g/mol. The predicted molar refractivity (Wildman–Crippen MR) is 50.1 cm³/mol. The highest BCUT2D eigenvalue weighted by Gasteiger charge is 1.90. The first-order valence-electron chi connectivity index (χ1n) is 3.55. The molecule has 0 radical (unpaired) electrons. The van der Waals surface area contributed by atoms with Gasteiger partial charge >= 0.3 is 14.2 Å². The van der Waals surface area contributed by atoms with Gasteiger partial charge in [-0.25, -0.2) is 4.79 Å². The lowest BCUT2D eigenvalue weighted by Gasteiger charge is -1.94. The summed E-state index contributed by atoms with van der Waals surface area (Å²) >= 11 is 0. The van der Waals surface area contributed by atoms with Crippen LogP contribution in [-0.4, -0.2) is 24.8 Å². The molecule has 0 aliphatic rings. The molecule has 6 heteroatoms. The van der Waals surface area contributed by atoms with Gasteiger partial charge in [-0.3, -0.25) is 4.57 Å². The lowest BCUT2D eigenvalue weighted by molar-refractivity contribution is -0.132. The van der Waals surface area contributed by atoms with Crippen molar-refractivity contribution >= 4 is 14.2 Å². The number of hydrogen-bond donors (Lipinski definition) is 1. The third-order valence-corrected chi connectivity index (χ3v) is 1.65. The smallest absolute Gasteiger partial charge is 0.330 e. The van der Waals surface area contributed by atoms with Crippen molar-refractivity contribution in [2.24, 2.45) is 0 Å². The Kier molecular flexibility index (Phi) is 10.8. The van der Waals surface area contributed by atoms with E-state index in [0.717, 1.165) is 0 Å². The Bertz CT molecular complexity index is 177. The van der Waals surface area contributed by atoms with E-state index in [0.29, 0.717) is 6.61 Å². The maximum Gasteiger partial charge on any atom is 0.330 e. The van der Waals surface area contributed by atoms with Gasteiger partial charge < -0.3 is 14.2 Å². The summed E-state index contributed by atoms with van der Waals surface area (Å²) in [7, 11) is -0.772. The summed E-state index contributed by atoms with van der Waals surface area (Å²) < 4.78 is 19.0. The molecule has 0 aromatic carbocycles. The van der Waals surface area contributed by atoms with Crippen LogP contribution in [0.15, 0.2) is 12.2 Å². The SMILES string of the molecule is C=C(C)C(=O)O.CCO[PH](=O)OC. The third kappa shape index (κ3) is 14.2. The van der Waals surface area contributed by atoms with Crippen molar-refractivity contribution in [3.63, 3.8) is 0 Å². The van der Waals surface area contributed by atoms with Gasteiger partial charge in [-0.2, -0.15) is 0 Å². The van der Waals surface area contributed by atoms with Crippen LogP contribution in [0.25, 0.3) is 0 Å². The lowest BCUT2D eigenvalue weighted by atomic mass is 10.4. The van der Waals surface area contributed by atoms with Crippen LogP contribution in [0, 0.1) is 0 Å². The largest absolute Gasteiger partial charge is 0.478 e. The zero-order valence-electron chi connectivity index (χ0n) is 7.99. The average Bonchev–Trinajstić information content (AvgIpc) is 2.05. The van der Waals surface area contributed by atoms with Gasteiger partial charge in [0.15, 0.2) is 0 Å². The van der Waals surface area contributed by atoms with Gasteiger partial charge in [0.2, 0.25) is 0 Å².